The number of nitrogens with one attached hydrogen (secondary N) is 1. The van der Waals surface area contributed by atoms with Gasteiger partial charge in [-0.2, -0.15) is 31.6 Å². The molecule has 690 valence electrons. The van der Waals surface area contributed by atoms with Crippen LogP contribution >= 0.6 is 0 Å². The van der Waals surface area contributed by atoms with E-state index in [1.807, 2.05) is 155 Å². The van der Waals surface area contributed by atoms with E-state index in [9.17, 15) is 59.5 Å². The highest BCUT2D eigenvalue weighted by molar-refractivity contribution is 6.09. The van der Waals surface area contributed by atoms with Crippen LogP contribution in [0.25, 0.3) is 155 Å². The zero-order valence-electron chi connectivity index (χ0n) is 77.7. The highest BCUT2D eigenvalue weighted by atomic mass is 19.1. The summed E-state index contributed by atoms with van der Waals surface area (Å²) in [5.41, 5.74) is 37.8. The molecule has 23 rings (SSSR count). The van der Waals surface area contributed by atoms with Gasteiger partial charge in [-0.05, 0) is 228 Å². The molecule has 0 atom stereocenters. The zero-order valence-corrected chi connectivity index (χ0v) is 77.7. The Morgan fingerprint density at radius 2 is 0.695 bits per heavy atom. The number of fused-ring (bicyclic) bond motifs is 12. The lowest BCUT2D eigenvalue weighted by molar-refractivity contribution is 0.519. The Balaban J connectivity index is 0.000000116. The number of pyridine rings is 4. The number of benzene rings is 11. The van der Waals surface area contributed by atoms with Gasteiger partial charge < -0.3 is 35.9 Å². The molecule has 5 N–H and O–H groups in total. The van der Waals surface area contributed by atoms with Crippen LogP contribution < -0.4 is 54.2 Å². The summed E-state index contributed by atoms with van der Waals surface area (Å²) < 4.78 is 45.6. The Bertz CT molecular complexity index is 9190. The number of anilines is 3. The van der Waals surface area contributed by atoms with Crippen LogP contribution in [0, 0.1) is 107 Å². The molecule has 141 heavy (non-hydrogen) atoms. The Morgan fingerprint density at radius 1 is 0.348 bits per heavy atom. The van der Waals surface area contributed by atoms with E-state index < -0.39 is 5.82 Å². The molecule has 0 bridgehead atoms. The van der Waals surface area contributed by atoms with Gasteiger partial charge >= 0.3 is 22.8 Å². The summed E-state index contributed by atoms with van der Waals surface area (Å²) in [6.07, 6.45) is 10.1. The number of hydrogen-bond acceptors (Lipinski definition) is 21. The van der Waals surface area contributed by atoms with Crippen molar-refractivity contribution in [2.45, 2.75) is 39.8 Å². The van der Waals surface area contributed by atoms with E-state index in [2.05, 4.69) is 70.3 Å². The van der Waals surface area contributed by atoms with Gasteiger partial charge in [-0.1, -0.05) is 60.7 Å². The van der Waals surface area contributed by atoms with Crippen LogP contribution in [0.5, 0.6) is 0 Å². The first-order valence-corrected chi connectivity index (χ1v) is 45.4. The maximum atomic E-state index is 14.0. The zero-order chi connectivity index (χ0) is 98.4. The number of imidazole rings is 4. The summed E-state index contributed by atoms with van der Waals surface area (Å²) in [4.78, 5) is 78.7. The smallest absolute Gasteiger partial charge is 0.333 e. The molecule has 3 fully saturated rings. The lowest BCUT2D eigenvalue weighted by Crippen LogP contribution is -2.56. The average molecular weight is 1860 g/mol. The lowest BCUT2D eigenvalue weighted by atomic mass is 10.0. The number of nitriles is 6. The van der Waals surface area contributed by atoms with Crippen molar-refractivity contribution in [2.24, 2.45) is 39.7 Å². The van der Waals surface area contributed by atoms with Crippen molar-refractivity contribution in [1.29, 1.82) is 31.6 Å². The number of furan rings is 1. The predicted molar refractivity (Wildman–Crippen MR) is 542 cm³/mol. The number of piperazine rings is 1. The van der Waals surface area contributed by atoms with Gasteiger partial charge in [0.2, 0.25) is 0 Å². The lowest BCUT2D eigenvalue weighted by Gasteiger charge is -2.39. The van der Waals surface area contributed by atoms with Crippen LogP contribution in [0.15, 0.2) is 261 Å². The third-order valence-corrected chi connectivity index (χ3v) is 26.9. The number of aryl methyl sites for hydroxylation is 8. The van der Waals surface area contributed by atoms with Gasteiger partial charge in [-0.3, -0.25) is 56.5 Å². The van der Waals surface area contributed by atoms with Gasteiger partial charge in [0.15, 0.2) is 0 Å². The molecule has 31 heteroatoms. The fraction of sp³-hybridized carbons (Fsp3) is 0.164. The van der Waals surface area contributed by atoms with Gasteiger partial charge in [0.05, 0.1) is 189 Å². The fourth-order valence-corrected chi connectivity index (χ4v) is 19.3. The number of aromatic nitrogens is 12. The molecular weight excluding hydrogens is 1780 g/mol. The second-order valence-corrected chi connectivity index (χ2v) is 35.6. The van der Waals surface area contributed by atoms with E-state index in [1.54, 1.807) is 157 Å². The Morgan fingerprint density at radius 3 is 1.07 bits per heavy atom. The number of rotatable bonds is 11. The molecule has 3 aliphatic heterocycles. The van der Waals surface area contributed by atoms with Crippen LogP contribution in [0.4, 0.5) is 25.8 Å². The molecule has 29 nitrogen and oxygen atoms in total. The highest BCUT2D eigenvalue weighted by Crippen LogP contribution is 2.41. The maximum Gasteiger partial charge on any atom is 0.333 e. The molecule has 11 aromatic carbocycles. The van der Waals surface area contributed by atoms with Crippen LogP contribution in [0.2, 0.25) is 0 Å². The molecule has 20 aromatic rings. The van der Waals surface area contributed by atoms with Crippen molar-refractivity contribution in [1.82, 2.24) is 61.8 Å². The first-order valence-electron chi connectivity index (χ1n) is 45.4. The van der Waals surface area contributed by atoms with E-state index in [0.29, 0.717) is 115 Å². The minimum Gasteiger partial charge on any atom is -0.472 e. The van der Waals surface area contributed by atoms with Gasteiger partial charge in [0, 0.05) is 120 Å². The van der Waals surface area contributed by atoms with Crippen molar-refractivity contribution < 1.29 is 13.2 Å². The third-order valence-electron chi connectivity index (χ3n) is 26.9. The second-order valence-electron chi connectivity index (χ2n) is 35.6. The first-order chi connectivity index (χ1) is 68.2. The summed E-state index contributed by atoms with van der Waals surface area (Å²) in [6, 6.07) is 73.4. The molecule has 9 aromatic heterocycles. The minimum absolute atomic E-state index is 0.0372. The molecule has 0 radical (unpaired) electrons. The summed E-state index contributed by atoms with van der Waals surface area (Å²) in [5.74, 6) is -0.871. The van der Waals surface area contributed by atoms with E-state index >= 15 is 0 Å². The summed E-state index contributed by atoms with van der Waals surface area (Å²) in [6.45, 7) is 13.9. The number of hydrogen-bond donors (Lipinski definition) is 3. The number of nitrogens with two attached hydrogens (primary N) is 2. The molecule has 3 saturated heterocycles. The fourth-order valence-electron chi connectivity index (χ4n) is 19.3. The SMILES string of the molecule is Cc1cc(N2CC(N)C2)c(C#N)cc1-n1c(=O)n(C)c2cnc3ccc(-c4ccc(F)cc4)cc3c21.Cc1cc(N2CC(N)C2)c(C#N)cc1-n1c(=O)n(C)c2cnc3ccc(-c4cccc(C#N)c4)cc3c21.Cc1cc(N2CCNCC2)c(C#N)cc1-n1c(=O)n(C)c2cnc3ccc(-c4ccc(F)c(C#N)c4)cc3c21.Cc1ccc(C#N)cc1-n1c(=O)n(C)c2cnc3ccc(-c4ccoc4)cc3c21. The van der Waals surface area contributed by atoms with Gasteiger partial charge in [0.1, 0.15) is 35.9 Å². The van der Waals surface area contributed by atoms with Crippen molar-refractivity contribution in [3.05, 3.63) is 347 Å². The monoisotopic (exact) mass is 1860 g/mol. The van der Waals surface area contributed by atoms with Gasteiger partial charge in [0.25, 0.3) is 0 Å². The van der Waals surface area contributed by atoms with Crippen molar-refractivity contribution >= 4 is 105 Å². The topological polar surface area (TPSA) is 389 Å². The third kappa shape index (κ3) is 15.9. The van der Waals surface area contributed by atoms with Crippen LogP contribution in [-0.4, -0.2) is 121 Å². The van der Waals surface area contributed by atoms with Crippen LogP contribution in [0.3, 0.4) is 0 Å². The van der Waals surface area contributed by atoms with Crippen molar-refractivity contribution in [3.8, 4) is 104 Å². The normalized spacial score (nSPS) is 13.1. The largest absolute Gasteiger partial charge is 0.472 e. The predicted octanol–water partition coefficient (Wildman–Crippen LogP) is 16.2. The quantitative estimate of drug-likeness (QED) is 0.108. The number of halogens is 2. The van der Waals surface area contributed by atoms with Crippen molar-refractivity contribution in [2.75, 3.05) is 67.1 Å². The summed E-state index contributed by atoms with van der Waals surface area (Å²) in [5, 5.41) is 64.4. The Hall–Kier alpha value is -18.5. The standard InChI is InChI=1S/C30H24FN7O.C29H23N7O.C28H23FN6O.C23H16N4O2/c1-18-11-27(37-9-7-34-8-10-37)22(16-33)14-26(18)38-29-23-13-20(19-3-5-24(31)21(12-19)15-32)4-6-25(23)35-17-28(29)36(2)30(38)39;1-17-8-26(35-15-22(32)16-35)21(13-31)11-25(17)36-28-23-10-20(19-5-3-4-18(9-19)12-30)6-7-24(23)33-14-27(28)34(2)29(36)37;1-16-9-25(34-14-21(31)15-34)19(12-30)11-24(16)35-27-22-10-18(17-3-6-20(29)7-4-17)5-8-23(22)32-13-26(27)33(2)28(35)36;1-14-3-4-15(11-24)9-20(14)27-22-18-10-16(17-7-8-29-13-17)5-6-19(18)25-12-21(22)26(2)23(27)28/h3-6,11-14,17,34H,7-10H2,1-2H3;3-11,14,22H,15-16,32H2,1-2H3;3-11,13,21H,14-15,31H2,1-2H3;3-10,12-13H,1-2H3. The highest BCUT2D eigenvalue weighted by Gasteiger charge is 2.32. The van der Waals surface area contributed by atoms with Crippen LogP contribution in [-0.2, 0) is 28.2 Å². The van der Waals surface area contributed by atoms with E-state index in [-0.39, 0.29) is 46.2 Å². The first kappa shape index (κ1) is 90.3. The molecular formula is C110H86F2N24O5. The van der Waals surface area contributed by atoms with E-state index in [0.717, 1.165) is 159 Å². The van der Waals surface area contributed by atoms with E-state index in [4.69, 9.17) is 15.9 Å². The molecule has 0 spiro atoms. The maximum absolute atomic E-state index is 14.0. The van der Waals surface area contributed by atoms with Gasteiger partial charge in [-0.25, -0.2) is 28.0 Å². The molecule has 0 amide bonds. The second kappa shape index (κ2) is 36.3. The average Bonchev–Trinajstić information content (AvgIpc) is 1.60. The van der Waals surface area contributed by atoms with E-state index in [1.165, 1.54) is 24.3 Å². The van der Waals surface area contributed by atoms with Crippen molar-refractivity contribution in [3.63, 3.8) is 0 Å². The minimum atomic E-state index is -0.573. The Labute approximate surface area is 803 Å². The summed E-state index contributed by atoms with van der Waals surface area (Å²) in [7, 11) is 6.88. The number of nitrogens with zero attached hydrogens (tertiary/aromatic N) is 21. The molecule has 3 aliphatic rings. The van der Waals surface area contributed by atoms with Crippen LogP contribution in [0.1, 0.15) is 55.6 Å². The molecule has 0 aliphatic carbocycles. The Kier molecular flexibility index (Phi) is 23.2. The molecule has 0 unspecified atom stereocenters. The van der Waals surface area contributed by atoms with Gasteiger partial charge in [-0.15, -0.1) is 0 Å². The molecule has 0 saturated carbocycles. The summed E-state index contributed by atoms with van der Waals surface area (Å²) >= 11 is 0. The molecule has 12 heterocycles.